The molecule has 3 aliphatic rings. The Morgan fingerprint density at radius 1 is 1.15 bits per heavy atom. The molecule has 2 bridgehead atoms. The fraction of sp³-hybridized carbons (Fsp3) is 0.500. The van der Waals surface area contributed by atoms with E-state index in [1.807, 2.05) is 0 Å². The second-order valence-electron chi connectivity index (χ2n) is 4.03. The number of Topliss-reactive ketones (excluding diaryl/α,β-unsaturated/α-hetero) is 1. The molecule has 1 saturated carbocycles. The number of hydrogen-bond donors (Lipinski definition) is 0. The number of carbonyl (C=O) groups is 1. The third-order valence-corrected chi connectivity index (χ3v) is 5.76. The van der Waals surface area contributed by atoms with E-state index in [4.69, 9.17) is 0 Å². The van der Waals surface area contributed by atoms with Crippen molar-refractivity contribution in [3.63, 3.8) is 0 Å². The highest BCUT2D eigenvalue weighted by Crippen LogP contribution is 2.58. The second kappa shape index (κ2) is 2.57. The Morgan fingerprint density at radius 2 is 1.77 bits per heavy atom. The summed E-state index contributed by atoms with van der Waals surface area (Å²) in [6.45, 7) is 0. The van der Waals surface area contributed by atoms with Gasteiger partial charge in [-0.05, 0) is 34.2 Å². The standard InChI is InChI=1S/C10H8Br2O/c11-8-6-4-1-2-5(3-4)7(6)10(13)9(8)12/h1-2,4-7H,3H2/t4-,5+,6-,7-/m1/s1. The smallest absolute Gasteiger partial charge is 0.174 e. The van der Waals surface area contributed by atoms with Crippen LogP contribution in [0.25, 0.3) is 0 Å². The quantitative estimate of drug-likeness (QED) is 0.629. The maximum atomic E-state index is 11.8. The van der Waals surface area contributed by atoms with Crippen LogP contribution in [0.2, 0.25) is 0 Å². The van der Waals surface area contributed by atoms with E-state index in [0.29, 0.717) is 23.5 Å². The molecule has 0 aromatic heterocycles. The van der Waals surface area contributed by atoms with Crippen molar-refractivity contribution in [3.05, 3.63) is 21.1 Å². The molecule has 3 rings (SSSR count). The van der Waals surface area contributed by atoms with Crippen molar-refractivity contribution in [1.29, 1.82) is 0 Å². The molecular formula is C10H8Br2O. The molecule has 0 N–H and O–H groups in total. The van der Waals surface area contributed by atoms with Gasteiger partial charge >= 0.3 is 0 Å². The van der Waals surface area contributed by atoms with Crippen LogP contribution in [-0.4, -0.2) is 5.78 Å². The number of halogens is 2. The summed E-state index contributed by atoms with van der Waals surface area (Å²) in [5.74, 6) is 2.08. The van der Waals surface area contributed by atoms with E-state index < -0.39 is 0 Å². The molecule has 0 aromatic carbocycles. The van der Waals surface area contributed by atoms with Crippen LogP contribution in [0, 0.1) is 23.7 Å². The largest absolute Gasteiger partial charge is 0.293 e. The molecule has 0 radical (unpaired) electrons. The third-order valence-electron chi connectivity index (χ3n) is 3.48. The summed E-state index contributed by atoms with van der Waals surface area (Å²) in [4.78, 5) is 11.8. The lowest BCUT2D eigenvalue weighted by atomic mass is 9.85. The van der Waals surface area contributed by atoms with E-state index in [-0.39, 0.29) is 5.92 Å². The molecule has 4 atom stereocenters. The molecule has 68 valence electrons. The van der Waals surface area contributed by atoms with E-state index in [1.165, 1.54) is 6.42 Å². The SMILES string of the molecule is O=C1C(Br)=C(Br)[C@H]2[C@H]1[C@H]1C=C[C@@H]2C1. The number of fused-ring (bicyclic) bond motifs is 5. The summed E-state index contributed by atoms with van der Waals surface area (Å²) >= 11 is 6.89. The lowest BCUT2D eigenvalue weighted by molar-refractivity contribution is -0.118. The van der Waals surface area contributed by atoms with E-state index in [0.717, 1.165) is 8.96 Å². The van der Waals surface area contributed by atoms with Crippen molar-refractivity contribution in [3.8, 4) is 0 Å². The first-order valence-electron chi connectivity index (χ1n) is 4.48. The zero-order valence-electron chi connectivity index (χ0n) is 6.84. The topological polar surface area (TPSA) is 17.1 Å². The van der Waals surface area contributed by atoms with Crippen molar-refractivity contribution in [2.75, 3.05) is 0 Å². The molecule has 13 heavy (non-hydrogen) atoms. The lowest BCUT2D eigenvalue weighted by Crippen LogP contribution is -2.21. The second-order valence-corrected chi connectivity index (χ2v) is 5.67. The van der Waals surface area contributed by atoms with Gasteiger partial charge < -0.3 is 0 Å². The highest BCUT2D eigenvalue weighted by atomic mass is 79.9. The van der Waals surface area contributed by atoms with Gasteiger partial charge in [-0.1, -0.05) is 28.1 Å². The fourth-order valence-electron chi connectivity index (χ4n) is 2.94. The fourth-order valence-corrected chi connectivity index (χ4v) is 4.28. The lowest BCUT2D eigenvalue weighted by Gasteiger charge is -2.19. The Bertz CT molecular complexity index is 356. The third kappa shape index (κ3) is 0.899. The van der Waals surface area contributed by atoms with Crippen molar-refractivity contribution in [2.24, 2.45) is 23.7 Å². The van der Waals surface area contributed by atoms with Gasteiger partial charge in [-0.3, -0.25) is 4.79 Å². The van der Waals surface area contributed by atoms with Gasteiger partial charge in [0.05, 0.1) is 4.48 Å². The van der Waals surface area contributed by atoms with Crippen molar-refractivity contribution in [1.82, 2.24) is 0 Å². The zero-order valence-corrected chi connectivity index (χ0v) is 10.0. The van der Waals surface area contributed by atoms with E-state index in [9.17, 15) is 4.79 Å². The molecule has 0 unspecified atom stereocenters. The first kappa shape index (κ1) is 8.42. The maximum Gasteiger partial charge on any atom is 0.174 e. The number of hydrogen-bond acceptors (Lipinski definition) is 1. The number of ketones is 1. The highest BCUT2D eigenvalue weighted by Gasteiger charge is 2.53. The Labute approximate surface area is 93.5 Å². The predicted molar refractivity (Wildman–Crippen MR) is 57.6 cm³/mol. The van der Waals surface area contributed by atoms with Crippen LogP contribution >= 0.6 is 31.9 Å². The molecule has 0 amide bonds. The molecular weight excluding hydrogens is 296 g/mol. The molecule has 0 heterocycles. The number of rotatable bonds is 0. The van der Waals surface area contributed by atoms with Crippen LogP contribution in [0.3, 0.4) is 0 Å². The molecule has 1 fully saturated rings. The van der Waals surface area contributed by atoms with Gasteiger partial charge in [0.25, 0.3) is 0 Å². The monoisotopic (exact) mass is 302 g/mol. The normalized spacial score (nSPS) is 46.5. The molecule has 0 spiro atoms. The minimum absolute atomic E-state index is 0.235. The summed E-state index contributed by atoms with van der Waals surface area (Å²) in [5.41, 5.74) is 0. The minimum Gasteiger partial charge on any atom is -0.293 e. The van der Waals surface area contributed by atoms with E-state index in [1.54, 1.807) is 0 Å². The summed E-state index contributed by atoms with van der Waals surface area (Å²) in [5, 5.41) is 0. The summed E-state index contributed by atoms with van der Waals surface area (Å²) < 4.78 is 1.88. The Morgan fingerprint density at radius 3 is 2.38 bits per heavy atom. The van der Waals surface area contributed by atoms with Gasteiger partial charge in [0, 0.05) is 16.3 Å². The zero-order chi connectivity index (χ0) is 9.16. The summed E-state index contributed by atoms with van der Waals surface area (Å²) in [7, 11) is 0. The molecule has 1 nitrogen and oxygen atoms in total. The molecule has 0 saturated heterocycles. The van der Waals surface area contributed by atoms with Gasteiger partial charge in [-0.15, -0.1) is 0 Å². The molecule has 0 aromatic rings. The van der Waals surface area contributed by atoms with Crippen LogP contribution in [0.1, 0.15) is 6.42 Å². The van der Waals surface area contributed by atoms with Gasteiger partial charge in [-0.2, -0.15) is 0 Å². The van der Waals surface area contributed by atoms with Crippen molar-refractivity contribution >= 4 is 37.6 Å². The first-order chi connectivity index (χ1) is 6.20. The molecule has 3 heteroatoms. The minimum atomic E-state index is 0.235. The Hall–Kier alpha value is 0.110. The maximum absolute atomic E-state index is 11.8. The van der Waals surface area contributed by atoms with Gasteiger partial charge in [0.15, 0.2) is 5.78 Å². The average molecular weight is 304 g/mol. The molecule has 3 aliphatic carbocycles. The van der Waals surface area contributed by atoms with Crippen LogP contribution in [0.15, 0.2) is 21.1 Å². The Balaban J connectivity index is 2.11. The van der Waals surface area contributed by atoms with Gasteiger partial charge in [0.2, 0.25) is 0 Å². The van der Waals surface area contributed by atoms with Crippen LogP contribution in [0.4, 0.5) is 0 Å². The number of carbonyl (C=O) groups excluding carboxylic acids is 1. The van der Waals surface area contributed by atoms with Crippen molar-refractivity contribution in [2.45, 2.75) is 6.42 Å². The summed E-state index contributed by atoms with van der Waals surface area (Å²) in [6, 6.07) is 0. The van der Waals surface area contributed by atoms with Gasteiger partial charge in [0.1, 0.15) is 0 Å². The number of allylic oxidation sites excluding steroid dienone is 4. The Kier molecular flexibility index (Phi) is 1.67. The van der Waals surface area contributed by atoms with Gasteiger partial charge in [-0.25, -0.2) is 0 Å². The molecule has 0 aliphatic heterocycles. The summed E-state index contributed by atoms with van der Waals surface area (Å²) in [6.07, 6.45) is 5.66. The van der Waals surface area contributed by atoms with E-state index in [2.05, 4.69) is 44.0 Å². The predicted octanol–water partition coefficient (Wildman–Crippen LogP) is 3.01. The van der Waals surface area contributed by atoms with Crippen LogP contribution in [0.5, 0.6) is 0 Å². The average Bonchev–Trinajstić information content (AvgIpc) is 2.76. The first-order valence-corrected chi connectivity index (χ1v) is 6.06. The highest BCUT2D eigenvalue weighted by molar-refractivity contribution is 9.14. The van der Waals surface area contributed by atoms with Crippen LogP contribution < -0.4 is 0 Å². The van der Waals surface area contributed by atoms with E-state index >= 15 is 0 Å². The van der Waals surface area contributed by atoms with Crippen molar-refractivity contribution < 1.29 is 4.79 Å². The van der Waals surface area contributed by atoms with Crippen LogP contribution in [-0.2, 0) is 4.79 Å².